The van der Waals surface area contributed by atoms with Gasteiger partial charge in [-0.15, -0.1) is 0 Å². The molecule has 4 aromatic carbocycles. The van der Waals surface area contributed by atoms with Crippen molar-refractivity contribution in [2.45, 2.75) is 257 Å². The van der Waals surface area contributed by atoms with E-state index in [-0.39, 0.29) is 54.9 Å². The molecule has 7 aliphatic rings. The molecule has 0 amide bonds. The second kappa shape index (κ2) is 27.2. The molecule has 6 saturated heterocycles. The van der Waals surface area contributed by atoms with Gasteiger partial charge >= 0.3 is 0 Å². The number of hydrogen-bond donors (Lipinski definition) is 0. The Morgan fingerprint density at radius 1 is 0.356 bits per heavy atom. The topological polar surface area (TPSA) is 148 Å². The number of methoxy groups -OCH3 is 3. The van der Waals surface area contributed by atoms with Crippen molar-refractivity contribution in [2.24, 2.45) is 0 Å². The number of fused-ring (bicyclic) bond motifs is 11. The monoisotopic (exact) mass is 1210 g/mol. The van der Waals surface area contributed by atoms with Crippen LogP contribution in [0.3, 0.4) is 0 Å². The Labute approximate surface area is 517 Å². The summed E-state index contributed by atoms with van der Waals surface area (Å²) in [5.74, 6) is 1.34. The minimum Gasteiger partial charge on any atom is -0.493 e. The van der Waals surface area contributed by atoms with Crippen molar-refractivity contribution in [1.82, 2.24) is 0 Å². The predicted molar refractivity (Wildman–Crippen MR) is 328 cm³/mol. The van der Waals surface area contributed by atoms with Crippen LogP contribution in [-0.4, -0.2) is 139 Å². The maximum Gasteiger partial charge on any atom is 0.186 e. The molecule has 0 saturated carbocycles. The summed E-state index contributed by atoms with van der Waals surface area (Å²) in [6.45, 7) is 24.9. The third-order valence-electron chi connectivity index (χ3n) is 17.8. The molecular formula is C71H98O16. The third-order valence-corrected chi connectivity index (χ3v) is 17.8. The van der Waals surface area contributed by atoms with E-state index in [9.17, 15) is 0 Å². The molecule has 12 atom stereocenters. The number of hydrogen-bond acceptors (Lipinski definition) is 16. The summed E-state index contributed by atoms with van der Waals surface area (Å²) in [7, 11) is 5.02. The fraction of sp³-hybridized carbons (Fsp3) is 0.662. The molecule has 87 heavy (non-hydrogen) atoms. The average molecular weight is 1210 g/mol. The molecule has 16 heteroatoms. The van der Waals surface area contributed by atoms with E-state index < -0.39 is 36.2 Å². The van der Waals surface area contributed by atoms with Gasteiger partial charge in [-0.25, -0.2) is 0 Å². The quantitative estimate of drug-likeness (QED) is 0.0576. The van der Waals surface area contributed by atoms with Gasteiger partial charge in [-0.05, 0) is 174 Å². The van der Waals surface area contributed by atoms with E-state index in [4.69, 9.17) is 75.8 Å². The highest BCUT2D eigenvalue weighted by atomic mass is 16.8. The highest BCUT2D eigenvalue weighted by Gasteiger charge is 2.57. The van der Waals surface area contributed by atoms with Gasteiger partial charge in [0, 0.05) is 47.0 Å². The molecule has 478 valence electrons. The molecule has 0 spiro atoms. The molecule has 6 heterocycles. The fourth-order valence-corrected chi connectivity index (χ4v) is 14.4. The lowest BCUT2D eigenvalue weighted by Crippen LogP contribution is -2.30. The van der Waals surface area contributed by atoms with Crippen molar-refractivity contribution >= 4 is 0 Å². The lowest BCUT2D eigenvalue weighted by atomic mass is 9.87. The van der Waals surface area contributed by atoms with Crippen molar-refractivity contribution in [1.29, 1.82) is 0 Å². The molecule has 0 N–H and O–H groups in total. The number of aryl methyl sites for hydroxylation is 4. The van der Waals surface area contributed by atoms with E-state index >= 15 is 0 Å². The SMILES string of the molecule is CCCOc1c2cc(C)cc1Cc1cc(CC[C@@H]3O[C@@H](OC)[C@@H]4OC(C)(C)O[C@@H]43)cc(c1OCCC)Cc1cc(CC[C@@H]3O[C@@H](OC)[C@@H]4OC(C)(C)O[C@@H]43)cc(c1OCCC)Cc1cc(CC[C@@H]3O[C@@H](OC)[C@@H]4OC(C)(C)O[C@@H]43)cc(c1OCCC)C2. The van der Waals surface area contributed by atoms with Gasteiger partial charge in [0.1, 0.15) is 59.6 Å². The second-order valence-electron chi connectivity index (χ2n) is 26.4. The summed E-state index contributed by atoms with van der Waals surface area (Å²) in [6, 6.07) is 18.8. The van der Waals surface area contributed by atoms with Gasteiger partial charge in [0.05, 0.1) is 44.7 Å². The zero-order chi connectivity index (χ0) is 61.4. The predicted octanol–water partition coefficient (Wildman–Crippen LogP) is 12.3. The summed E-state index contributed by atoms with van der Waals surface area (Å²) in [5, 5.41) is 0. The maximum atomic E-state index is 7.15. The number of rotatable bonds is 24. The lowest BCUT2D eigenvalue weighted by Gasteiger charge is -2.26. The molecule has 0 aromatic heterocycles. The van der Waals surface area contributed by atoms with Gasteiger partial charge < -0.3 is 75.8 Å². The van der Waals surface area contributed by atoms with Crippen LogP contribution in [0, 0.1) is 6.92 Å². The van der Waals surface area contributed by atoms with Crippen molar-refractivity contribution in [2.75, 3.05) is 47.8 Å². The van der Waals surface area contributed by atoms with E-state index in [0.29, 0.717) is 77.8 Å². The molecule has 16 nitrogen and oxygen atoms in total. The zero-order valence-corrected chi connectivity index (χ0v) is 54.3. The summed E-state index contributed by atoms with van der Waals surface area (Å²) < 4.78 is 104. The van der Waals surface area contributed by atoms with Crippen molar-refractivity contribution < 1.29 is 75.8 Å². The van der Waals surface area contributed by atoms with E-state index in [1.807, 2.05) is 41.5 Å². The second-order valence-corrected chi connectivity index (χ2v) is 26.4. The Bertz CT molecular complexity index is 2850. The Kier molecular flexibility index (Phi) is 20.1. The molecule has 0 radical (unpaired) electrons. The largest absolute Gasteiger partial charge is 0.493 e. The Morgan fingerprint density at radius 3 is 0.816 bits per heavy atom. The van der Waals surface area contributed by atoms with Crippen molar-refractivity contribution in [3.8, 4) is 23.0 Å². The van der Waals surface area contributed by atoms with Crippen LogP contribution >= 0.6 is 0 Å². The highest BCUT2D eigenvalue weighted by Crippen LogP contribution is 2.46. The molecule has 8 bridgehead atoms. The van der Waals surface area contributed by atoms with E-state index in [1.165, 1.54) is 11.1 Å². The third kappa shape index (κ3) is 14.2. The van der Waals surface area contributed by atoms with Gasteiger partial charge in [0.25, 0.3) is 0 Å². The minimum absolute atomic E-state index is 0.235. The summed E-state index contributed by atoms with van der Waals surface area (Å²) in [4.78, 5) is 0. The minimum atomic E-state index is -0.753. The van der Waals surface area contributed by atoms with Gasteiger partial charge in [0.15, 0.2) is 36.2 Å². The van der Waals surface area contributed by atoms with Crippen LogP contribution in [0.15, 0.2) is 48.5 Å². The van der Waals surface area contributed by atoms with Crippen LogP contribution in [0.4, 0.5) is 0 Å². The molecule has 0 unspecified atom stereocenters. The fourth-order valence-electron chi connectivity index (χ4n) is 14.4. The first kappa shape index (κ1) is 64.1. The number of benzene rings is 4. The summed E-state index contributed by atoms with van der Waals surface area (Å²) >= 11 is 0. The maximum absolute atomic E-state index is 7.15. The summed E-state index contributed by atoms with van der Waals surface area (Å²) in [5.41, 5.74) is 13.4. The molecule has 6 aliphatic heterocycles. The molecule has 6 fully saturated rings. The first-order valence-electron chi connectivity index (χ1n) is 32.5. The van der Waals surface area contributed by atoms with E-state index in [1.54, 1.807) is 21.3 Å². The van der Waals surface area contributed by atoms with E-state index in [2.05, 4.69) is 83.1 Å². The lowest BCUT2D eigenvalue weighted by molar-refractivity contribution is -0.227. The smallest absolute Gasteiger partial charge is 0.186 e. The zero-order valence-electron chi connectivity index (χ0n) is 54.3. The van der Waals surface area contributed by atoms with Crippen LogP contribution in [0.1, 0.15) is 181 Å². The first-order chi connectivity index (χ1) is 41.8. The molecule has 4 aromatic rings. The molecule has 11 rings (SSSR count). The van der Waals surface area contributed by atoms with Gasteiger partial charge in [-0.3, -0.25) is 0 Å². The molecular weight excluding hydrogens is 1110 g/mol. The van der Waals surface area contributed by atoms with Crippen molar-refractivity contribution in [3.63, 3.8) is 0 Å². The van der Waals surface area contributed by atoms with Crippen LogP contribution in [0.25, 0.3) is 0 Å². The van der Waals surface area contributed by atoms with Gasteiger partial charge in [-0.1, -0.05) is 81.8 Å². The van der Waals surface area contributed by atoms with Crippen LogP contribution in [0.5, 0.6) is 23.0 Å². The van der Waals surface area contributed by atoms with Crippen LogP contribution in [-0.2, 0) is 102 Å². The molecule has 1 aliphatic carbocycles. The number of ether oxygens (including phenoxy) is 16. The normalized spacial score (nSPS) is 29.0. The first-order valence-corrected chi connectivity index (χ1v) is 32.5. The van der Waals surface area contributed by atoms with Crippen molar-refractivity contribution in [3.05, 3.63) is 115 Å². The Hall–Kier alpha value is -4.40. The Morgan fingerprint density at radius 2 is 0.586 bits per heavy atom. The average Bonchev–Trinajstić information content (AvgIpc) is 1.88. The van der Waals surface area contributed by atoms with E-state index in [0.717, 1.165) is 117 Å². The highest BCUT2D eigenvalue weighted by molar-refractivity contribution is 5.59. The van der Waals surface area contributed by atoms with Crippen LogP contribution < -0.4 is 18.9 Å². The van der Waals surface area contributed by atoms with Gasteiger partial charge in [0.2, 0.25) is 0 Å². The standard InChI is InChI=1S/C71H98O16/c1-15-25-75-56-45-29-41(5)30-46(56)38-48-32-43(20-23-54-61-64(67(73-13)80-54)86-70(8,9)83-61)34-50(58(48)77-27-17-3)40-52-36-44(21-24-55-62-65(68(74-14)81-55)87-71(10,11)84-62)35-51(59(52)78-28-18-4)39-49-33-42(31-47(37-45)57(49)76-26-16-2)19-22-53-60-63(66(72-12)79-53)85-69(6,7)82-60/h29-36,53-55,60-68H,15-28,37-40H2,1-14H3/t53-,54-,55-,60+,61+,62+,63+,64+,65+,66+,67+,68+/m0/s1. The van der Waals surface area contributed by atoms with Crippen LogP contribution in [0.2, 0.25) is 0 Å². The summed E-state index contributed by atoms with van der Waals surface area (Å²) in [6.07, 6.45) is 5.80. The van der Waals surface area contributed by atoms with Gasteiger partial charge in [-0.2, -0.15) is 0 Å². The Balaban J connectivity index is 1.07.